The van der Waals surface area contributed by atoms with Crippen molar-refractivity contribution in [2.24, 2.45) is 17.6 Å². The summed E-state index contributed by atoms with van der Waals surface area (Å²) >= 11 is 6.28. The fourth-order valence-electron chi connectivity index (χ4n) is 5.62. The van der Waals surface area contributed by atoms with E-state index in [1.807, 2.05) is 0 Å². The lowest BCUT2D eigenvalue weighted by molar-refractivity contribution is -0.132. The number of nitrogens with one attached hydrogen (secondary N) is 2. The Morgan fingerprint density at radius 3 is 2.44 bits per heavy atom. The van der Waals surface area contributed by atoms with Crippen molar-refractivity contribution in [1.29, 1.82) is 0 Å². The van der Waals surface area contributed by atoms with Crippen molar-refractivity contribution in [3.8, 4) is 5.75 Å². The van der Waals surface area contributed by atoms with Crippen molar-refractivity contribution >= 4 is 52.6 Å². The van der Waals surface area contributed by atoms with E-state index in [1.54, 1.807) is 19.1 Å². The first-order chi connectivity index (χ1) is 17.1. The Kier molecular flexibility index (Phi) is 5.60. The topological polar surface area (TPSA) is 148 Å². The summed E-state index contributed by atoms with van der Waals surface area (Å²) in [5, 5.41) is 6.55. The molecule has 0 aromatic heterocycles. The third-order valence-corrected chi connectivity index (χ3v) is 7.55. The Balaban J connectivity index is 1.60. The lowest BCUT2D eigenvalue weighted by atomic mass is 9.76. The third-order valence-electron chi connectivity index (χ3n) is 7.14. The van der Waals surface area contributed by atoms with E-state index in [1.165, 1.54) is 31.2 Å². The van der Waals surface area contributed by atoms with E-state index in [2.05, 4.69) is 10.6 Å². The Bertz CT molecular complexity index is 1340. The fourth-order valence-corrected chi connectivity index (χ4v) is 5.78. The minimum atomic E-state index is -1.52. The monoisotopic (exact) mass is 510 g/mol. The second kappa shape index (κ2) is 8.42. The summed E-state index contributed by atoms with van der Waals surface area (Å²) < 4.78 is 5.04. The SMILES string of the molecule is CC(=O)Oc1ccc(N2C(=O)[C@H]3[C@H](CCC(N)=O)N[C@]4(C(=O)Nc5c4ccc(Cl)c5C)[C@@H]3C2=O)cc1. The van der Waals surface area contributed by atoms with Crippen molar-refractivity contribution in [3.63, 3.8) is 0 Å². The molecule has 10 nitrogen and oxygen atoms in total. The van der Waals surface area contributed by atoms with E-state index in [0.717, 1.165) is 4.90 Å². The molecule has 2 fully saturated rings. The molecule has 3 aliphatic rings. The first-order valence-electron chi connectivity index (χ1n) is 11.4. The minimum Gasteiger partial charge on any atom is -0.427 e. The van der Waals surface area contributed by atoms with Gasteiger partial charge in [0.1, 0.15) is 11.3 Å². The highest BCUT2D eigenvalue weighted by molar-refractivity contribution is 6.32. The van der Waals surface area contributed by atoms with E-state index in [9.17, 15) is 24.0 Å². The van der Waals surface area contributed by atoms with Gasteiger partial charge < -0.3 is 15.8 Å². The summed E-state index contributed by atoms with van der Waals surface area (Å²) in [6, 6.07) is 8.63. The van der Waals surface area contributed by atoms with Crippen molar-refractivity contribution in [2.75, 3.05) is 10.2 Å². The van der Waals surface area contributed by atoms with Gasteiger partial charge in [-0.1, -0.05) is 17.7 Å². The molecule has 1 spiro atoms. The fraction of sp³-hybridized carbons (Fsp3) is 0.320. The van der Waals surface area contributed by atoms with Crippen LogP contribution < -0.4 is 26.0 Å². The number of carbonyl (C=O) groups excluding carboxylic acids is 5. The highest BCUT2D eigenvalue weighted by Gasteiger charge is 2.70. The van der Waals surface area contributed by atoms with Gasteiger partial charge in [-0.15, -0.1) is 0 Å². The van der Waals surface area contributed by atoms with Gasteiger partial charge in [-0.3, -0.25) is 29.3 Å². The first-order valence-corrected chi connectivity index (χ1v) is 11.8. The summed E-state index contributed by atoms with van der Waals surface area (Å²) in [7, 11) is 0. The molecule has 5 rings (SSSR count). The predicted octanol–water partition coefficient (Wildman–Crippen LogP) is 1.76. The average molecular weight is 511 g/mol. The molecule has 186 valence electrons. The van der Waals surface area contributed by atoms with Gasteiger partial charge in [0.05, 0.1) is 23.2 Å². The summed E-state index contributed by atoms with van der Waals surface area (Å²) in [4.78, 5) is 65.0. The van der Waals surface area contributed by atoms with Crippen LogP contribution in [0.3, 0.4) is 0 Å². The van der Waals surface area contributed by atoms with Crippen LogP contribution in [0.15, 0.2) is 36.4 Å². The molecule has 3 heterocycles. The number of hydrogen-bond donors (Lipinski definition) is 3. The number of benzene rings is 2. The van der Waals surface area contributed by atoms with Crippen LogP contribution in [0.5, 0.6) is 5.75 Å². The Labute approximate surface area is 211 Å². The standard InChI is InChI=1S/C25H23ClN4O6/c1-11-16(26)8-7-15-21(11)28-24(35)25(15)20-19(17(29-25)9-10-18(27)32)22(33)30(23(20)34)13-3-5-14(6-4-13)36-12(2)31/h3-8,17,19-20,29H,9-10H2,1-2H3,(H2,27,32)(H,28,35)/t17-,19-,20-,25-/m0/s1. The van der Waals surface area contributed by atoms with Gasteiger partial charge in [0.15, 0.2) is 0 Å². The number of imide groups is 1. The molecular weight excluding hydrogens is 488 g/mol. The Morgan fingerprint density at radius 2 is 1.81 bits per heavy atom. The van der Waals surface area contributed by atoms with Crippen LogP contribution in [0.2, 0.25) is 5.02 Å². The zero-order valence-electron chi connectivity index (χ0n) is 19.5. The van der Waals surface area contributed by atoms with Crippen molar-refractivity contribution in [2.45, 2.75) is 38.3 Å². The predicted molar refractivity (Wildman–Crippen MR) is 129 cm³/mol. The van der Waals surface area contributed by atoms with Crippen molar-refractivity contribution in [1.82, 2.24) is 5.32 Å². The number of halogens is 1. The summed E-state index contributed by atoms with van der Waals surface area (Å²) in [5.41, 5.74) is 5.80. The van der Waals surface area contributed by atoms with Crippen LogP contribution in [0.4, 0.5) is 11.4 Å². The van der Waals surface area contributed by atoms with Gasteiger partial charge >= 0.3 is 5.97 Å². The number of primary amides is 1. The van der Waals surface area contributed by atoms with Crippen LogP contribution in [-0.4, -0.2) is 35.6 Å². The summed E-state index contributed by atoms with van der Waals surface area (Å²) in [6.45, 7) is 3.02. The number of hydrogen-bond acceptors (Lipinski definition) is 7. The smallest absolute Gasteiger partial charge is 0.308 e. The number of nitrogens with two attached hydrogens (primary N) is 1. The van der Waals surface area contributed by atoms with E-state index in [4.69, 9.17) is 22.1 Å². The molecule has 36 heavy (non-hydrogen) atoms. The van der Waals surface area contributed by atoms with Crippen LogP contribution in [0, 0.1) is 18.8 Å². The van der Waals surface area contributed by atoms with Crippen LogP contribution in [0.1, 0.15) is 30.9 Å². The lowest BCUT2D eigenvalue weighted by Gasteiger charge is -2.29. The molecule has 2 aromatic rings. The van der Waals surface area contributed by atoms with Crippen LogP contribution in [-0.2, 0) is 29.5 Å². The molecule has 0 bridgehead atoms. The quantitative estimate of drug-likeness (QED) is 0.315. The maximum atomic E-state index is 13.9. The van der Waals surface area contributed by atoms with E-state index in [-0.39, 0.29) is 24.3 Å². The number of nitrogens with zero attached hydrogens (tertiary/aromatic N) is 1. The molecule has 3 aliphatic heterocycles. The maximum Gasteiger partial charge on any atom is 0.308 e. The highest BCUT2D eigenvalue weighted by atomic mass is 35.5. The van der Waals surface area contributed by atoms with Gasteiger partial charge in [0.2, 0.25) is 23.6 Å². The summed E-state index contributed by atoms with van der Waals surface area (Å²) in [6.07, 6.45) is 0.148. The largest absolute Gasteiger partial charge is 0.427 e. The zero-order chi connectivity index (χ0) is 25.9. The van der Waals surface area contributed by atoms with Crippen LogP contribution in [0.25, 0.3) is 0 Å². The van der Waals surface area contributed by atoms with Gasteiger partial charge in [-0.05, 0) is 49.2 Å². The number of anilines is 2. The van der Waals surface area contributed by atoms with Crippen LogP contribution >= 0.6 is 11.6 Å². The summed E-state index contributed by atoms with van der Waals surface area (Å²) in [5.74, 6) is -4.26. The molecule has 0 unspecified atom stereocenters. The van der Waals surface area contributed by atoms with Gasteiger partial charge in [0, 0.05) is 30.0 Å². The lowest BCUT2D eigenvalue weighted by Crippen LogP contribution is -2.53. The Morgan fingerprint density at radius 1 is 1.11 bits per heavy atom. The normalized spacial score (nSPS) is 26.2. The second-order valence-corrected chi connectivity index (χ2v) is 9.62. The molecule has 2 aromatic carbocycles. The number of rotatable bonds is 5. The molecule has 0 radical (unpaired) electrons. The number of fused-ring (bicyclic) bond motifs is 4. The minimum absolute atomic E-state index is 0.0242. The van der Waals surface area contributed by atoms with E-state index in [0.29, 0.717) is 21.8 Å². The highest BCUT2D eigenvalue weighted by Crippen LogP contribution is 2.55. The molecule has 2 saturated heterocycles. The van der Waals surface area contributed by atoms with Gasteiger partial charge in [0.25, 0.3) is 0 Å². The first kappa shape index (κ1) is 24.0. The molecule has 4 N–H and O–H groups in total. The maximum absolute atomic E-state index is 13.9. The van der Waals surface area contributed by atoms with Crippen molar-refractivity contribution < 1.29 is 28.7 Å². The van der Waals surface area contributed by atoms with Crippen molar-refractivity contribution in [3.05, 3.63) is 52.5 Å². The number of esters is 1. The molecular formula is C25H23ClN4O6. The number of amides is 4. The third kappa shape index (κ3) is 3.40. The second-order valence-electron chi connectivity index (χ2n) is 9.22. The van der Waals surface area contributed by atoms with Gasteiger partial charge in [-0.2, -0.15) is 0 Å². The molecule has 0 aliphatic carbocycles. The average Bonchev–Trinajstić information content (AvgIpc) is 3.40. The Hall–Kier alpha value is -3.76. The van der Waals surface area contributed by atoms with Gasteiger partial charge in [-0.25, -0.2) is 4.90 Å². The molecule has 0 saturated carbocycles. The number of carbonyl (C=O) groups is 5. The molecule has 4 atom stereocenters. The zero-order valence-corrected chi connectivity index (χ0v) is 20.2. The molecule has 4 amide bonds. The number of ether oxygens (including phenoxy) is 1. The van der Waals surface area contributed by atoms with E-state index >= 15 is 0 Å². The van der Waals surface area contributed by atoms with E-state index < -0.39 is 53.0 Å². The molecule has 11 heteroatoms.